The van der Waals surface area contributed by atoms with E-state index >= 15 is 0 Å². The van der Waals surface area contributed by atoms with Crippen LogP contribution in [0, 0.1) is 0 Å². The Hall–Kier alpha value is -5.67. The Kier molecular flexibility index (Phi) is 8.05. The first-order chi connectivity index (χ1) is 22.9. The van der Waals surface area contributed by atoms with Gasteiger partial charge in [0.15, 0.2) is 17.3 Å². The normalized spacial score (nSPS) is 20.9. The summed E-state index contributed by atoms with van der Waals surface area (Å²) in [5.41, 5.74) is 10.5. The summed E-state index contributed by atoms with van der Waals surface area (Å²) < 4.78 is 4.32. The Balaban J connectivity index is 1.26. The van der Waals surface area contributed by atoms with Gasteiger partial charge in [-0.1, -0.05) is 78.9 Å². The van der Waals surface area contributed by atoms with Gasteiger partial charge in [0.05, 0.1) is 31.4 Å². The second-order valence-electron chi connectivity index (χ2n) is 11.9. The van der Waals surface area contributed by atoms with Crippen molar-refractivity contribution in [2.75, 3.05) is 23.4 Å². The number of anilines is 2. The number of rotatable bonds is 0. The molecule has 2 aliphatic heterocycles. The predicted molar refractivity (Wildman–Crippen MR) is 189 cm³/mol. The highest BCUT2D eigenvalue weighted by Gasteiger charge is 2.31. The first-order valence-corrected chi connectivity index (χ1v) is 15.9. The van der Waals surface area contributed by atoms with Crippen LogP contribution in [-0.2, 0) is 23.2 Å². The van der Waals surface area contributed by atoms with Gasteiger partial charge in [0.25, 0.3) is 5.82 Å². The summed E-state index contributed by atoms with van der Waals surface area (Å²) in [7, 11) is 4.08. The van der Waals surface area contributed by atoms with Crippen LogP contribution in [0.5, 0.6) is 0 Å². The summed E-state index contributed by atoms with van der Waals surface area (Å²) in [5, 5.41) is 10.0. The second kappa shape index (κ2) is 12.6. The zero-order valence-corrected chi connectivity index (χ0v) is 26.6. The van der Waals surface area contributed by atoms with E-state index in [1.807, 2.05) is 68.7 Å². The highest BCUT2D eigenvalue weighted by Crippen LogP contribution is 2.45. The minimum atomic E-state index is -1.00. The molecular formula is C38H38N7O2+. The van der Waals surface area contributed by atoms with Gasteiger partial charge in [-0.2, -0.15) is 0 Å². The van der Waals surface area contributed by atoms with Gasteiger partial charge in [0.2, 0.25) is 11.8 Å². The number of carbonyl (C=O) groups excluding carboxylic acids is 2. The van der Waals surface area contributed by atoms with Crippen LogP contribution in [0.4, 0.5) is 11.4 Å². The molecule has 0 radical (unpaired) electrons. The van der Waals surface area contributed by atoms with E-state index in [-0.39, 0.29) is 24.7 Å². The van der Waals surface area contributed by atoms with E-state index in [4.69, 9.17) is 5.73 Å². The third-order valence-electron chi connectivity index (χ3n) is 8.95. The maximum atomic E-state index is 13.1. The Morgan fingerprint density at radius 3 is 2.23 bits per heavy atom. The molecule has 0 aliphatic carbocycles. The number of amides is 2. The largest absolute Gasteiger partial charge is 0.329 e. The molecule has 236 valence electrons. The molecule has 1 atom stereocenters. The second-order valence-corrected chi connectivity index (χ2v) is 11.9. The first-order valence-electron chi connectivity index (χ1n) is 15.9. The molecule has 1 unspecified atom stereocenters. The van der Waals surface area contributed by atoms with Crippen LogP contribution in [0.3, 0.4) is 0 Å². The topological polar surface area (TPSA) is 99.5 Å². The lowest BCUT2D eigenvalue weighted by molar-refractivity contribution is -0.672. The molecule has 7 rings (SSSR count). The summed E-state index contributed by atoms with van der Waals surface area (Å²) in [5.74, 6) is 1.42. The maximum absolute atomic E-state index is 13.1. The summed E-state index contributed by atoms with van der Waals surface area (Å²) in [6.45, 7) is 0.870. The van der Waals surface area contributed by atoms with Gasteiger partial charge >= 0.3 is 0 Å². The number of nitrogens with one attached hydrogen (secondary N) is 2. The van der Waals surface area contributed by atoms with Gasteiger partial charge in [-0.25, -0.2) is 9.13 Å². The molecule has 47 heavy (non-hydrogen) atoms. The van der Waals surface area contributed by atoms with E-state index in [9.17, 15) is 9.59 Å². The predicted octanol–water partition coefficient (Wildman–Crippen LogP) is 4.96. The van der Waals surface area contributed by atoms with E-state index in [2.05, 4.69) is 90.3 Å². The van der Waals surface area contributed by atoms with Crippen molar-refractivity contribution >= 4 is 61.8 Å². The number of aryl methyl sites for hydroxylation is 2. The fraction of sp³-hybridized carbons (Fsp3) is 0.184. The van der Waals surface area contributed by atoms with Gasteiger partial charge < -0.3 is 20.4 Å². The highest BCUT2D eigenvalue weighted by atomic mass is 16.2. The molecule has 0 bridgehead atoms. The van der Waals surface area contributed by atoms with E-state index < -0.39 is 6.29 Å². The van der Waals surface area contributed by atoms with Gasteiger partial charge in [-0.05, 0) is 41.1 Å². The molecule has 1 aromatic heterocycles. The van der Waals surface area contributed by atoms with Crippen molar-refractivity contribution in [2.24, 2.45) is 12.8 Å². The van der Waals surface area contributed by atoms with E-state index in [0.717, 1.165) is 55.6 Å². The number of carbonyl (C=O) groups is 2. The van der Waals surface area contributed by atoms with Crippen LogP contribution >= 0.6 is 0 Å². The molecule has 4 aromatic carbocycles. The minimum absolute atomic E-state index is 0.189. The summed E-state index contributed by atoms with van der Waals surface area (Å²) >= 11 is 0. The Morgan fingerprint density at radius 1 is 0.766 bits per heavy atom. The Morgan fingerprint density at radius 2 is 1.43 bits per heavy atom. The third-order valence-corrected chi connectivity index (χ3v) is 8.95. The van der Waals surface area contributed by atoms with Crippen LogP contribution in [0.2, 0.25) is 0 Å². The fourth-order valence-electron chi connectivity index (χ4n) is 6.72. The van der Waals surface area contributed by atoms with Crippen LogP contribution in [-0.4, -0.2) is 36.3 Å². The number of aromatic nitrogens is 2. The number of hydrogen-bond acceptors (Lipinski definition) is 5. The maximum Gasteiger partial charge on any atom is 0.282 e. The molecule has 0 saturated heterocycles. The van der Waals surface area contributed by atoms with Gasteiger partial charge in [-0.15, -0.1) is 0 Å². The SMILES string of the molecule is CN1/C2=C/C=C/C=C/C=C/c3n(C)c4ccc5ccccc5c4[n+]3CCC(=O)NC(N)NC(=O)CCN2c2c1ccc1ccccc21. The molecule has 9 heteroatoms. The van der Waals surface area contributed by atoms with Gasteiger partial charge in [-0.3, -0.25) is 15.3 Å². The number of allylic oxidation sites excluding steroid dienone is 6. The lowest BCUT2D eigenvalue weighted by Gasteiger charge is -2.23. The van der Waals surface area contributed by atoms with Crippen molar-refractivity contribution in [2.45, 2.75) is 25.7 Å². The number of benzene rings is 4. The van der Waals surface area contributed by atoms with Crippen LogP contribution in [0.15, 0.2) is 115 Å². The molecule has 4 N–H and O–H groups in total. The van der Waals surface area contributed by atoms with Crippen molar-refractivity contribution in [3.8, 4) is 0 Å². The number of fused-ring (bicyclic) bond motifs is 10. The Labute approximate surface area is 273 Å². The zero-order valence-electron chi connectivity index (χ0n) is 26.6. The molecule has 3 heterocycles. The quantitative estimate of drug-likeness (QED) is 0.212. The lowest BCUT2D eigenvalue weighted by atomic mass is 10.1. The average molecular weight is 625 g/mol. The number of nitrogens with two attached hydrogens (primary N) is 1. The van der Waals surface area contributed by atoms with Crippen LogP contribution < -0.4 is 30.7 Å². The lowest BCUT2D eigenvalue weighted by Crippen LogP contribution is -2.54. The average Bonchev–Trinajstić information content (AvgIpc) is 3.51. The molecule has 2 aliphatic rings. The van der Waals surface area contributed by atoms with Crippen molar-refractivity contribution in [3.63, 3.8) is 0 Å². The monoisotopic (exact) mass is 624 g/mol. The van der Waals surface area contributed by atoms with Crippen molar-refractivity contribution in [1.82, 2.24) is 15.2 Å². The summed E-state index contributed by atoms with van der Waals surface area (Å²) in [4.78, 5) is 30.6. The molecular weight excluding hydrogens is 586 g/mol. The van der Waals surface area contributed by atoms with Crippen LogP contribution in [0.25, 0.3) is 38.7 Å². The van der Waals surface area contributed by atoms with Crippen LogP contribution in [0.1, 0.15) is 18.7 Å². The molecule has 5 aromatic rings. The number of hydrogen-bond donors (Lipinski definition) is 3. The number of imidazole rings is 1. The molecule has 0 fully saturated rings. The Bertz CT molecular complexity index is 2160. The van der Waals surface area contributed by atoms with Crippen molar-refractivity contribution in [3.05, 3.63) is 121 Å². The third kappa shape index (κ3) is 5.66. The summed E-state index contributed by atoms with van der Waals surface area (Å²) in [6, 6.07) is 25.0. The highest BCUT2D eigenvalue weighted by molar-refractivity contribution is 6.05. The van der Waals surface area contributed by atoms with E-state index in [1.165, 1.54) is 0 Å². The number of nitrogens with zero attached hydrogens (tertiary/aromatic N) is 4. The molecule has 9 nitrogen and oxygen atoms in total. The van der Waals surface area contributed by atoms with Crippen molar-refractivity contribution < 1.29 is 14.2 Å². The summed E-state index contributed by atoms with van der Waals surface area (Å²) in [6.07, 6.45) is 13.5. The van der Waals surface area contributed by atoms with Gasteiger partial charge in [0.1, 0.15) is 5.82 Å². The minimum Gasteiger partial charge on any atom is -0.329 e. The smallest absolute Gasteiger partial charge is 0.282 e. The zero-order chi connectivity index (χ0) is 32.5. The molecule has 0 saturated carbocycles. The van der Waals surface area contributed by atoms with Crippen molar-refractivity contribution in [1.29, 1.82) is 0 Å². The fourth-order valence-corrected chi connectivity index (χ4v) is 6.72. The first kappa shape index (κ1) is 30.0. The molecule has 2 amide bonds. The standard InChI is InChI=1S/C38H37N7O2/c1-42-30-20-18-26-12-8-10-14-28(26)36(30)44-24-22-32(46)40-38(39)41-33(47)23-25-45-35(17-7-5-3-4-6-16-34(42)44)43(2)31-21-19-27-13-9-11-15-29(27)37(31)45/h3-21,38H,22-25,39H2,1-2H3,(H-,40,41,46,47)/p+1. The van der Waals surface area contributed by atoms with Gasteiger partial charge in [0, 0.05) is 36.9 Å². The van der Waals surface area contributed by atoms with E-state index in [0.29, 0.717) is 13.1 Å². The van der Waals surface area contributed by atoms with E-state index in [1.54, 1.807) is 0 Å². The molecule has 0 spiro atoms.